The maximum Gasteiger partial charge on any atom is 0.220 e. The van der Waals surface area contributed by atoms with Gasteiger partial charge in [0.05, 0.1) is 5.02 Å². The number of halogens is 2. The Kier molecular flexibility index (Phi) is 2.75. The molecule has 0 amide bonds. The monoisotopic (exact) mass is 237 g/mol. The highest BCUT2D eigenvalue weighted by atomic mass is 35.5. The molecule has 82 valence electrons. The predicted molar refractivity (Wildman–Crippen MR) is 61.6 cm³/mol. The fraction of sp³-hybridized carbons (Fsp3) is 0.0909. The molecule has 2 N–H and O–H groups in total. The minimum atomic E-state index is -0.575. The molecule has 0 unspecified atom stereocenters. The molecule has 0 spiro atoms. The van der Waals surface area contributed by atoms with Gasteiger partial charge in [-0.3, -0.25) is 0 Å². The number of aryl methyl sites for hydroxylation is 1. The summed E-state index contributed by atoms with van der Waals surface area (Å²) in [4.78, 5) is 7.57. The summed E-state index contributed by atoms with van der Waals surface area (Å²) in [6, 6.07) is 4.83. The lowest BCUT2D eigenvalue weighted by Crippen LogP contribution is -1.95. The van der Waals surface area contributed by atoms with Gasteiger partial charge in [0.2, 0.25) is 5.95 Å². The average molecular weight is 238 g/mol. The zero-order chi connectivity index (χ0) is 11.7. The summed E-state index contributed by atoms with van der Waals surface area (Å²) in [5, 5.41) is 0.379. The Labute approximate surface area is 97.1 Å². The summed E-state index contributed by atoms with van der Waals surface area (Å²) in [7, 11) is 0. The minimum absolute atomic E-state index is 0.324. The molecule has 0 fully saturated rings. The summed E-state index contributed by atoms with van der Waals surface area (Å²) in [6.45, 7) is 1.79. The van der Waals surface area contributed by atoms with Crippen LogP contribution in [0, 0.1) is 12.9 Å². The van der Waals surface area contributed by atoms with Crippen molar-refractivity contribution in [3.8, 4) is 11.1 Å². The van der Waals surface area contributed by atoms with E-state index in [0.29, 0.717) is 22.0 Å². The molecule has 5 heteroatoms. The molecule has 16 heavy (non-hydrogen) atoms. The molecule has 0 aromatic carbocycles. The fourth-order valence-corrected chi connectivity index (χ4v) is 1.63. The maximum absolute atomic E-state index is 13.5. The number of hydrogen-bond donors (Lipinski definition) is 1. The SMILES string of the molecule is Cc1cc(-c2cc(Cl)cnc2F)cc(N)n1. The van der Waals surface area contributed by atoms with Crippen molar-refractivity contribution in [3.05, 3.63) is 41.1 Å². The van der Waals surface area contributed by atoms with Crippen LogP contribution in [-0.2, 0) is 0 Å². The van der Waals surface area contributed by atoms with Gasteiger partial charge < -0.3 is 5.73 Å². The Morgan fingerprint density at radius 3 is 2.75 bits per heavy atom. The van der Waals surface area contributed by atoms with Crippen molar-refractivity contribution >= 4 is 17.4 Å². The van der Waals surface area contributed by atoms with Crippen molar-refractivity contribution in [1.29, 1.82) is 0 Å². The topological polar surface area (TPSA) is 51.8 Å². The van der Waals surface area contributed by atoms with E-state index in [2.05, 4.69) is 9.97 Å². The van der Waals surface area contributed by atoms with Gasteiger partial charge in [-0.15, -0.1) is 0 Å². The normalized spacial score (nSPS) is 10.4. The second-order valence-electron chi connectivity index (χ2n) is 3.41. The first-order valence-corrected chi connectivity index (χ1v) is 4.99. The molecule has 0 aliphatic carbocycles. The van der Waals surface area contributed by atoms with Crippen LogP contribution in [0.5, 0.6) is 0 Å². The summed E-state index contributed by atoms with van der Waals surface area (Å²) in [5.41, 5.74) is 7.26. The van der Waals surface area contributed by atoms with E-state index in [9.17, 15) is 4.39 Å². The Morgan fingerprint density at radius 2 is 2.06 bits per heavy atom. The number of nitrogens with zero attached hydrogens (tertiary/aromatic N) is 2. The molecule has 0 radical (unpaired) electrons. The second-order valence-corrected chi connectivity index (χ2v) is 3.85. The van der Waals surface area contributed by atoms with Gasteiger partial charge in [-0.05, 0) is 30.7 Å². The second kappa shape index (κ2) is 4.06. The van der Waals surface area contributed by atoms with Crippen LogP contribution in [0.2, 0.25) is 5.02 Å². The van der Waals surface area contributed by atoms with Crippen LogP contribution < -0.4 is 5.73 Å². The first-order valence-electron chi connectivity index (χ1n) is 4.62. The third-order valence-electron chi connectivity index (χ3n) is 2.09. The van der Waals surface area contributed by atoms with Crippen LogP contribution in [-0.4, -0.2) is 9.97 Å². The Bertz CT molecular complexity index is 522. The highest BCUT2D eigenvalue weighted by Crippen LogP contribution is 2.25. The number of nitrogens with two attached hydrogens (primary N) is 1. The Balaban J connectivity index is 2.62. The van der Waals surface area contributed by atoms with Crippen molar-refractivity contribution < 1.29 is 4.39 Å². The first-order chi connectivity index (χ1) is 7.56. The lowest BCUT2D eigenvalue weighted by Gasteiger charge is -2.05. The smallest absolute Gasteiger partial charge is 0.220 e. The predicted octanol–water partition coefficient (Wildman–Crippen LogP) is 2.83. The molecule has 0 bridgehead atoms. The first kappa shape index (κ1) is 10.8. The van der Waals surface area contributed by atoms with Gasteiger partial charge in [-0.25, -0.2) is 9.97 Å². The van der Waals surface area contributed by atoms with Crippen molar-refractivity contribution in [2.75, 3.05) is 5.73 Å². The number of hydrogen-bond acceptors (Lipinski definition) is 3. The lowest BCUT2D eigenvalue weighted by molar-refractivity contribution is 0.587. The van der Waals surface area contributed by atoms with E-state index in [0.717, 1.165) is 5.69 Å². The van der Waals surface area contributed by atoms with E-state index in [-0.39, 0.29) is 0 Å². The molecule has 3 nitrogen and oxygen atoms in total. The van der Waals surface area contributed by atoms with Crippen LogP contribution in [0.15, 0.2) is 24.4 Å². The fourth-order valence-electron chi connectivity index (χ4n) is 1.47. The molecular formula is C11H9ClFN3. The molecule has 2 rings (SSSR count). The molecule has 0 aliphatic rings. The van der Waals surface area contributed by atoms with Crippen molar-refractivity contribution in [1.82, 2.24) is 9.97 Å². The van der Waals surface area contributed by atoms with Gasteiger partial charge in [-0.1, -0.05) is 11.6 Å². The van der Waals surface area contributed by atoms with E-state index in [1.54, 1.807) is 19.1 Å². The number of nitrogen functional groups attached to an aromatic ring is 1. The summed E-state index contributed by atoms with van der Waals surface area (Å²) >= 11 is 5.77. The molecule has 2 aromatic rings. The summed E-state index contributed by atoms with van der Waals surface area (Å²) < 4.78 is 13.5. The molecular weight excluding hydrogens is 229 g/mol. The standard InChI is InChI=1S/C11H9ClFN3/c1-6-2-7(3-10(14)16-6)9-4-8(12)5-15-11(9)13/h2-5H,1H3,(H2,14,16). The highest BCUT2D eigenvalue weighted by Gasteiger charge is 2.08. The van der Waals surface area contributed by atoms with Gasteiger partial charge in [0.1, 0.15) is 5.82 Å². The third kappa shape index (κ3) is 2.12. The van der Waals surface area contributed by atoms with Gasteiger partial charge in [0.15, 0.2) is 0 Å². The molecule has 0 aliphatic heterocycles. The Morgan fingerprint density at radius 1 is 1.31 bits per heavy atom. The van der Waals surface area contributed by atoms with E-state index in [4.69, 9.17) is 17.3 Å². The molecule has 0 atom stereocenters. The zero-order valence-electron chi connectivity index (χ0n) is 8.54. The van der Waals surface area contributed by atoms with Crippen molar-refractivity contribution in [3.63, 3.8) is 0 Å². The van der Waals surface area contributed by atoms with Crippen LogP contribution in [0.3, 0.4) is 0 Å². The number of aromatic nitrogens is 2. The van der Waals surface area contributed by atoms with Gasteiger partial charge >= 0.3 is 0 Å². The molecule has 2 aromatic heterocycles. The minimum Gasteiger partial charge on any atom is -0.384 e. The van der Waals surface area contributed by atoms with Gasteiger partial charge in [-0.2, -0.15) is 4.39 Å². The van der Waals surface area contributed by atoms with Gasteiger partial charge in [0, 0.05) is 17.5 Å². The number of rotatable bonds is 1. The van der Waals surface area contributed by atoms with Crippen molar-refractivity contribution in [2.24, 2.45) is 0 Å². The molecule has 0 saturated heterocycles. The van der Waals surface area contributed by atoms with E-state index >= 15 is 0 Å². The van der Waals surface area contributed by atoms with Crippen LogP contribution in [0.25, 0.3) is 11.1 Å². The van der Waals surface area contributed by atoms with Crippen molar-refractivity contribution in [2.45, 2.75) is 6.92 Å². The van der Waals surface area contributed by atoms with E-state index in [1.807, 2.05) is 0 Å². The lowest BCUT2D eigenvalue weighted by atomic mass is 10.1. The van der Waals surface area contributed by atoms with Crippen LogP contribution in [0.4, 0.5) is 10.2 Å². The quantitative estimate of drug-likeness (QED) is 0.776. The highest BCUT2D eigenvalue weighted by molar-refractivity contribution is 6.30. The number of anilines is 1. The number of pyridine rings is 2. The summed E-state index contributed by atoms with van der Waals surface area (Å²) in [6.07, 6.45) is 1.26. The van der Waals surface area contributed by atoms with E-state index in [1.165, 1.54) is 12.3 Å². The average Bonchev–Trinajstić information content (AvgIpc) is 2.20. The van der Waals surface area contributed by atoms with Crippen LogP contribution >= 0.6 is 11.6 Å². The largest absolute Gasteiger partial charge is 0.384 e. The Hall–Kier alpha value is -1.68. The van der Waals surface area contributed by atoms with Gasteiger partial charge in [0.25, 0.3) is 0 Å². The molecule has 0 saturated carbocycles. The van der Waals surface area contributed by atoms with Crippen LogP contribution in [0.1, 0.15) is 5.69 Å². The third-order valence-corrected chi connectivity index (χ3v) is 2.30. The van der Waals surface area contributed by atoms with E-state index < -0.39 is 5.95 Å². The zero-order valence-corrected chi connectivity index (χ0v) is 9.29. The molecule has 2 heterocycles. The maximum atomic E-state index is 13.5. The summed E-state index contributed by atoms with van der Waals surface area (Å²) in [5.74, 6) is -0.233.